The van der Waals surface area contributed by atoms with Gasteiger partial charge in [-0.1, -0.05) is 12.1 Å². The molecule has 1 atom stereocenters. The lowest BCUT2D eigenvalue weighted by Crippen LogP contribution is -2.34. The topological polar surface area (TPSA) is 47.1 Å². The summed E-state index contributed by atoms with van der Waals surface area (Å²) >= 11 is 0. The Kier molecular flexibility index (Phi) is 4.57. The molecule has 5 heteroatoms. The molecule has 1 aliphatic rings. The summed E-state index contributed by atoms with van der Waals surface area (Å²) in [6, 6.07) is 10.7. The summed E-state index contributed by atoms with van der Waals surface area (Å²) in [5, 5.41) is 4.63. The number of aryl methyl sites for hydroxylation is 3. The van der Waals surface area contributed by atoms with Crippen LogP contribution in [0.3, 0.4) is 0 Å². The van der Waals surface area contributed by atoms with Gasteiger partial charge < -0.3 is 4.42 Å². The number of nitrogens with zero attached hydrogens (tertiary/aromatic N) is 4. The minimum absolute atomic E-state index is 0.599. The Morgan fingerprint density at radius 3 is 2.92 bits per heavy atom. The van der Waals surface area contributed by atoms with Crippen molar-refractivity contribution in [1.29, 1.82) is 0 Å². The summed E-state index contributed by atoms with van der Waals surface area (Å²) in [4.78, 5) is 7.19. The van der Waals surface area contributed by atoms with Gasteiger partial charge in [0.1, 0.15) is 5.52 Å². The summed E-state index contributed by atoms with van der Waals surface area (Å²) in [6.45, 7) is 7.51. The molecule has 132 valence electrons. The third-order valence-corrected chi connectivity index (χ3v) is 5.16. The first-order chi connectivity index (χ1) is 12.2. The predicted molar refractivity (Wildman–Crippen MR) is 98.6 cm³/mol. The smallest absolute Gasteiger partial charge is 0.195 e. The van der Waals surface area contributed by atoms with Crippen LogP contribution in [0, 0.1) is 13.8 Å². The summed E-state index contributed by atoms with van der Waals surface area (Å²) in [7, 11) is 0. The molecule has 0 amide bonds. The van der Waals surface area contributed by atoms with Crippen molar-refractivity contribution in [3.63, 3.8) is 0 Å². The number of oxazole rings is 1. The second kappa shape index (κ2) is 7.00. The molecule has 0 aliphatic carbocycles. The lowest BCUT2D eigenvalue weighted by atomic mass is 10.2. The monoisotopic (exact) mass is 338 g/mol. The van der Waals surface area contributed by atoms with Crippen molar-refractivity contribution in [2.45, 2.75) is 52.1 Å². The number of likely N-dealkylation sites (tertiary alicyclic amines) is 1. The Balaban J connectivity index is 1.33. The molecule has 0 radical (unpaired) electrons. The van der Waals surface area contributed by atoms with E-state index in [0.29, 0.717) is 6.04 Å². The van der Waals surface area contributed by atoms with Crippen LogP contribution in [0.4, 0.5) is 0 Å². The highest BCUT2D eigenvalue weighted by Crippen LogP contribution is 2.21. The van der Waals surface area contributed by atoms with Crippen molar-refractivity contribution in [3.05, 3.63) is 47.6 Å². The van der Waals surface area contributed by atoms with E-state index in [9.17, 15) is 0 Å². The SMILES string of the molecule is Cc1cc(C)n(C[C@H]2CCCN2CCCc2nc3ccccc3o2)n1. The Labute approximate surface area is 148 Å². The van der Waals surface area contributed by atoms with Gasteiger partial charge in [0.05, 0.1) is 12.2 Å². The largest absolute Gasteiger partial charge is 0.441 e. The van der Waals surface area contributed by atoms with E-state index >= 15 is 0 Å². The van der Waals surface area contributed by atoms with Gasteiger partial charge >= 0.3 is 0 Å². The number of benzene rings is 1. The van der Waals surface area contributed by atoms with E-state index in [0.717, 1.165) is 48.6 Å². The van der Waals surface area contributed by atoms with Crippen LogP contribution in [0.1, 0.15) is 36.5 Å². The molecule has 2 aromatic heterocycles. The lowest BCUT2D eigenvalue weighted by molar-refractivity contribution is 0.222. The van der Waals surface area contributed by atoms with Crippen LogP contribution >= 0.6 is 0 Å². The van der Waals surface area contributed by atoms with Gasteiger partial charge in [0.15, 0.2) is 11.5 Å². The molecule has 3 aromatic rings. The molecule has 0 saturated carbocycles. The fourth-order valence-corrected chi connectivity index (χ4v) is 3.92. The molecule has 1 saturated heterocycles. The highest BCUT2D eigenvalue weighted by atomic mass is 16.3. The van der Waals surface area contributed by atoms with Crippen LogP contribution in [0.2, 0.25) is 0 Å². The van der Waals surface area contributed by atoms with E-state index in [-0.39, 0.29) is 0 Å². The van der Waals surface area contributed by atoms with E-state index in [1.54, 1.807) is 0 Å². The van der Waals surface area contributed by atoms with Gasteiger partial charge in [-0.2, -0.15) is 5.10 Å². The molecule has 1 fully saturated rings. The Morgan fingerprint density at radius 1 is 1.24 bits per heavy atom. The van der Waals surface area contributed by atoms with Crippen molar-refractivity contribution in [2.24, 2.45) is 0 Å². The zero-order valence-electron chi connectivity index (χ0n) is 15.1. The van der Waals surface area contributed by atoms with E-state index in [1.165, 1.54) is 25.1 Å². The van der Waals surface area contributed by atoms with E-state index in [4.69, 9.17) is 4.42 Å². The average Bonchev–Trinajstić information content (AvgIpc) is 3.27. The van der Waals surface area contributed by atoms with E-state index in [2.05, 4.69) is 39.6 Å². The van der Waals surface area contributed by atoms with Crippen molar-refractivity contribution in [3.8, 4) is 0 Å². The Morgan fingerprint density at radius 2 is 2.12 bits per heavy atom. The molecular weight excluding hydrogens is 312 g/mol. The molecule has 0 unspecified atom stereocenters. The van der Waals surface area contributed by atoms with Gasteiger partial charge in [-0.25, -0.2) is 4.98 Å². The van der Waals surface area contributed by atoms with Gasteiger partial charge in [0, 0.05) is 18.2 Å². The minimum atomic E-state index is 0.599. The molecule has 3 heterocycles. The van der Waals surface area contributed by atoms with Crippen LogP contribution in [-0.4, -0.2) is 38.8 Å². The molecule has 0 bridgehead atoms. The van der Waals surface area contributed by atoms with Crippen LogP contribution in [0.5, 0.6) is 0 Å². The quantitative estimate of drug-likeness (QED) is 0.687. The number of fused-ring (bicyclic) bond motifs is 1. The van der Waals surface area contributed by atoms with Gasteiger partial charge in [-0.15, -0.1) is 0 Å². The van der Waals surface area contributed by atoms with Crippen LogP contribution < -0.4 is 0 Å². The number of rotatable bonds is 6. The second-order valence-corrected chi connectivity index (χ2v) is 7.12. The number of hydrogen-bond donors (Lipinski definition) is 0. The van der Waals surface area contributed by atoms with Gasteiger partial charge in [0.25, 0.3) is 0 Å². The molecule has 0 N–H and O–H groups in total. The number of para-hydroxylation sites is 2. The highest BCUT2D eigenvalue weighted by Gasteiger charge is 2.25. The molecule has 25 heavy (non-hydrogen) atoms. The zero-order chi connectivity index (χ0) is 17.2. The third kappa shape index (κ3) is 3.61. The second-order valence-electron chi connectivity index (χ2n) is 7.12. The Bertz CT molecular complexity index is 817. The average molecular weight is 338 g/mol. The number of aromatic nitrogens is 3. The number of hydrogen-bond acceptors (Lipinski definition) is 4. The molecule has 1 aliphatic heterocycles. The summed E-state index contributed by atoms with van der Waals surface area (Å²) < 4.78 is 8.00. The first kappa shape index (κ1) is 16.3. The van der Waals surface area contributed by atoms with Crippen LogP contribution in [0.25, 0.3) is 11.1 Å². The Hall–Kier alpha value is -2.14. The maximum atomic E-state index is 5.83. The van der Waals surface area contributed by atoms with Crippen molar-refractivity contribution in [1.82, 2.24) is 19.7 Å². The third-order valence-electron chi connectivity index (χ3n) is 5.16. The zero-order valence-corrected chi connectivity index (χ0v) is 15.1. The van der Waals surface area contributed by atoms with Crippen LogP contribution in [-0.2, 0) is 13.0 Å². The molecule has 1 aromatic carbocycles. The lowest BCUT2D eigenvalue weighted by Gasteiger charge is -2.24. The normalized spacial score (nSPS) is 18.4. The minimum Gasteiger partial charge on any atom is -0.441 e. The van der Waals surface area contributed by atoms with Gasteiger partial charge in [-0.05, 0) is 64.4 Å². The maximum Gasteiger partial charge on any atom is 0.195 e. The molecule has 0 spiro atoms. The molecule has 4 rings (SSSR count). The van der Waals surface area contributed by atoms with E-state index in [1.807, 2.05) is 24.3 Å². The first-order valence-electron chi connectivity index (χ1n) is 9.28. The van der Waals surface area contributed by atoms with Crippen molar-refractivity contribution < 1.29 is 4.42 Å². The van der Waals surface area contributed by atoms with Gasteiger partial charge in [0.2, 0.25) is 0 Å². The van der Waals surface area contributed by atoms with Crippen LogP contribution in [0.15, 0.2) is 34.7 Å². The maximum absolute atomic E-state index is 5.83. The van der Waals surface area contributed by atoms with E-state index < -0.39 is 0 Å². The van der Waals surface area contributed by atoms with Gasteiger partial charge in [-0.3, -0.25) is 9.58 Å². The molecular formula is C20H26N4O. The van der Waals surface area contributed by atoms with Crippen molar-refractivity contribution >= 4 is 11.1 Å². The summed E-state index contributed by atoms with van der Waals surface area (Å²) in [5.74, 6) is 0.857. The fourth-order valence-electron chi connectivity index (χ4n) is 3.92. The highest BCUT2D eigenvalue weighted by molar-refractivity contribution is 5.72. The first-order valence-corrected chi connectivity index (χ1v) is 9.28. The predicted octanol–water partition coefficient (Wildman–Crippen LogP) is 3.74. The summed E-state index contributed by atoms with van der Waals surface area (Å²) in [6.07, 6.45) is 4.53. The standard InChI is InChI=1S/C20H26N4O/c1-15-13-16(2)24(22-15)14-17-7-5-11-23(17)12-6-10-20-21-18-8-3-4-9-19(18)25-20/h3-4,8-9,13,17H,5-7,10-12,14H2,1-2H3/t17-/m1/s1. The fraction of sp³-hybridized carbons (Fsp3) is 0.500. The van der Waals surface area contributed by atoms with Crippen molar-refractivity contribution in [2.75, 3.05) is 13.1 Å². The molecule has 5 nitrogen and oxygen atoms in total. The summed E-state index contributed by atoms with van der Waals surface area (Å²) in [5.41, 5.74) is 4.22.